The summed E-state index contributed by atoms with van der Waals surface area (Å²) < 4.78 is 10.6. The highest BCUT2D eigenvalue weighted by molar-refractivity contribution is 7.52. The van der Waals surface area contributed by atoms with Crippen molar-refractivity contribution in [1.29, 1.82) is 0 Å². The zero-order chi connectivity index (χ0) is 12.3. The Morgan fingerprint density at radius 1 is 1.44 bits per heavy atom. The van der Waals surface area contributed by atoms with Gasteiger partial charge in [0.25, 0.3) is 0 Å². The normalized spacial score (nSPS) is 25.4. The number of aliphatic carboxylic acids is 1. The second-order valence-corrected chi connectivity index (χ2v) is 5.11. The van der Waals surface area contributed by atoms with Gasteiger partial charge in [-0.2, -0.15) is 0 Å². The summed E-state index contributed by atoms with van der Waals surface area (Å²) in [6.07, 6.45) is 1.99. The van der Waals surface area contributed by atoms with Crippen molar-refractivity contribution >= 4 is 19.3 Å². The Hall–Kier alpha value is -1.01. The molecule has 2 unspecified atom stereocenters. The second-order valence-electron chi connectivity index (χ2n) is 3.47. The van der Waals surface area contributed by atoms with Crippen molar-refractivity contribution in [2.24, 2.45) is 5.92 Å². The van der Waals surface area contributed by atoms with E-state index in [2.05, 4.69) is 5.32 Å². The van der Waals surface area contributed by atoms with Crippen molar-refractivity contribution in [3.05, 3.63) is 12.2 Å². The van der Waals surface area contributed by atoms with Crippen LogP contribution in [0.4, 0.5) is 0 Å². The van der Waals surface area contributed by atoms with E-state index < -0.39 is 37.5 Å². The molecule has 0 radical (unpaired) electrons. The molecule has 0 bridgehead atoms. The molecule has 1 aliphatic heterocycles. The predicted molar refractivity (Wildman–Crippen MR) is 54.0 cm³/mol. The Balaban J connectivity index is 2.80. The third-order valence-corrected chi connectivity index (χ3v) is 2.88. The summed E-state index contributed by atoms with van der Waals surface area (Å²) in [6.45, 7) is 0.316. The SMILES string of the molecule is O=C(CP(=O)(O)O)C1C=CCNC1C(=O)O. The summed E-state index contributed by atoms with van der Waals surface area (Å²) in [6, 6.07) is -1.12. The predicted octanol–water partition coefficient (Wildman–Crippen LogP) is -1.04. The van der Waals surface area contributed by atoms with Crippen LogP contribution in [0.2, 0.25) is 0 Å². The van der Waals surface area contributed by atoms with E-state index in [0.717, 1.165) is 0 Å². The van der Waals surface area contributed by atoms with Crippen LogP contribution in [0.3, 0.4) is 0 Å². The van der Waals surface area contributed by atoms with Gasteiger partial charge in [0.05, 0.1) is 5.92 Å². The molecular weight excluding hydrogens is 237 g/mol. The molecule has 0 fully saturated rings. The highest BCUT2D eigenvalue weighted by Crippen LogP contribution is 2.35. The fourth-order valence-corrected chi connectivity index (χ4v) is 2.11. The van der Waals surface area contributed by atoms with Gasteiger partial charge in [0.1, 0.15) is 12.2 Å². The zero-order valence-corrected chi connectivity index (χ0v) is 9.13. The molecule has 1 heterocycles. The van der Waals surface area contributed by atoms with Crippen LogP contribution in [0.1, 0.15) is 0 Å². The molecule has 2 atom stereocenters. The van der Waals surface area contributed by atoms with E-state index in [4.69, 9.17) is 14.9 Å². The molecule has 0 saturated heterocycles. The van der Waals surface area contributed by atoms with Crippen molar-refractivity contribution in [2.45, 2.75) is 6.04 Å². The average Bonchev–Trinajstić information content (AvgIpc) is 2.15. The second kappa shape index (κ2) is 4.88. The van der Waals surface area contributed by atoms with Gasteiger partial charge in [0.2, 0.25) is 0 Å². The van der Waals surface area contributed by atoms with Crippen molar-refractivity contribution < 1.29 is 29.0 Å². The summed E-state index contributed by atoms with van der Waals surface area (Å²) in [5.41, 5.74) is 0. The van der Waals surface area contributed by atoms with Gasteiger partial charge >= 0.3 is 13.6 Å². The number of nitrogens with one attached hydrogen (secondary N) is 1. The molecule has 0 amide bonds. The van der Waals surface area contributed by atoms with E-state index >= 15 is 0 Å². The minimum atomic E-state index is -4.45. The van der Waals surface area contributed by atoms with Crippen molar-refractivity contribution in [1.82, 2.24) is 5.32 Å². The van der Waals surface area contributed by atoms with Crippen molar-refractivity contribution in [3.8, 4) is 0 Å². The maximum atomic E-state index is 11.5. The number of Topliss-reactive ketones (excluding diaryl/α,β-unsaturated/α-hetero) is 1. The molecule has 16 heavy (non-hydrogen) atoms. The molecule has 0 aromatic heterocycles. The Kier molecular flexibility index (Phi) is 3.98. The first-order chi connectivity index (χ1) is 7.31. The largest absolute Gasteiger partial charge is 0.480 e. The van der Waals surface area contributed by atoms with Crippen LogP contribution in [0.5, 0.6) is 0 Å². The van der Waals surface area contributed by atoms with Crippen LogP contribution in [0.15, 0.2) is 12.2 Å². The number of hydrogen-bond acceptors (Lipinski definition) is 4. The number of carbonyl (C=O) groups excluding carboxylic acids is 1. The molecule has 0 aromatic rings. The average molecular weight is 249 g/mol. The minimum Gasteiger partial charge on any atom is -0.480 e. The maximum absolute atomic E-state index is 11.5. The van der Waals surface area contributed by atoms with Crippen LogP contribution in [0.25, 0.3) is 0 Å². The number of ketones is 1. The first-order valence-electron chi connectivity index (χ1n) is 4.51. The van der Waals surface area contributed by atoms with Crippen molar-refractivity contribution in [2.75, 3.05) is 12.7 Å². The highest BCUT2D eigenvalue weighted by atomic mass is 31.2. The fraction of sp³-hybridized carbons (Fsp3) is 0.500. The van der Waals surface area contributed by atoms with Gasteiger partial charge in [-0.1, -0.05) is 12.2 Å². The Morgan fingerprint density at radius 3 is 2.56 bits per heavy atom. The van der Waals surface area contributed by atoms with E-state index in [-0.39, 0.29) is 0 Å². The molecule has 90 valence electrons. The molecule has 1 aliphatic rings. The quantitative estimate of drug-likeness (QED) is 0.370. The Labute approximate surface area is 91.3 Å². The molecule has 0 spiro atoms. The minimum absolute atomic E-state index is 0.316. The van der Waals surface area contributed by atoms with Gasteiger partial charge in [-0.05, 0) is 0 Å². The molecule has 0 aliphatic carbocycles. The molecule has 1 rings (SSSR count). The van der Waals surface area contributed by atoms with Gasteiger partial charge in [0.15, 0.2) is 5.78 Å². The van der Waals surface area contributed by atoms with Crippen molar-refractivity contribution in [3.63, 3.8) is 0 Å². The topological polar surface area (TPSA) is 124 Å². The maximum Gasteiger partial charge on any atom is 0.332 e. The molecule has 7 nitrogen and oxygen atoms in total. The summed E-state index contributed by atoms with van der Waals surface area (Å²) in [4.78, 5) is 39.6. The van der Waals surface area contributed by atoms with Gasteiger partial charge in [-0.3, -0.25) is 14.2 Å². The first-order valence-corrected chi connectivity index (χ1v) is 6.31. The number of carboxylic acid groups (broad SMARTS) is 1. The lowest BCUT2D eigenvalue weighted by Gasteiger charge is -2.24. The third kappa shape index (κ3) is 3.53. The molecular formula is C8H12NO6P. The lowest BCUT2D eigenvalue weighted by Crippen LogP contribution is -2.48. The van der Waals surface area contributed by atoms with E-state index in [1.54, 1.807) is 6.08 Å². The first kappa shape index (κ1) is 13.1. The van der Waals surface area contributed by atoms with Gasteiger partial charge in [-0.15, -0.1) is 0 Å². The highest BCUT2D eigenvalue weighted by Gasteiger charge is 2.35. The van der Waals surface area contributed by atoms with E-state index in [0.29, 0.717) is 6.54 Å². The van der Waals surface area contributed by atoms with Crippen LogP contribution in [0, 0.1) is 5.92 Å². The molecule has 0 saturated carbocycles. The third-order valence-electron chi connectivity index (χ3n) is 2.16. The number of rotatable bonds is 4. The van der Waals surface area contributed by atoms with Gasteiger partial charge in [0, 0.05) is 6.54 Å². The summed E-state index contributed by atoms with van der Waals surface area (Å²) in [5, 5.41) is 11.4. The van der Waals surface area contributed by atoms with Gasteiger partial charge in [-0.25, -0.2) is 0 Å². The standard InChI is InChI=1S/C8H12NO6P/c10-6(4-16(13,14)15)5-2-1-3-9-7(5)8(11)12/h1-2,5,7,9H,3-4H2,(H,11,12)(H2,13,14,15). The zero-order valence-electron chi connectivity index (χ0n) is 8.24. The van der Waals surface area contributed by atoms with Crippen LogP contribution < -0.4 is 5.32 Å². The lowest BCUT2D eigenvalue weighted by molar-refractivity contribution is -0.142. The molecule has 0 aromatic carbocycles. The van der Waals surface area contributed by atoms with Crippen LogP contribution >= 0.6 is 7.60 Å². The molecule has 4 N–H and O–H groups in total. The Morgan fingerprint density at radius 2 is 2.06 bits per heavy atom. The molecule has 8 heteroatoms. The number of carboxylic acids is 1. The monoisotopic (exact) mass is 249 g/mol. The summed E-state index contributed by atoms with van der Waals surface area (Å²) in [5.74, 6) is -3.02. The van der Waals surface area contributed by atoms with E-state index in [1.165, 1.54) is 6.08 Å². The van der Waals surface area contributed by atoms with E-state index in [1.807, 2.05) is 0 Å². The fourth-order valence-electron chi connectivity index (χ4n) is 1.49. The number of carbonyl (C=O) groups is 2. The van der Waals surface area contributed by atoms with Crippen LogP contribution in [-0.4, -0.2) is 45.4 Å². The Bertz CT molecular complexity index is 373. The lowest BCUT2D eigenvalue weighted by atomic mass is 9.93. The number of hydrogen-bond donors (Lipinski definition) is 4. The summed E-state index contributed by atoms with van der Waals surface area (Å²) in [7, 11) is -4.45. The van der Waals surface area contributed by atoms with Crippen LogP contribution in [-0.2, 0) is 14.2 Å². The van der Waals surface area contributed by atoms with Gasteiger partial charge < -0.3 is 20.2 Å². The summed E-state index contributed by atoms with van der Waals surface area (Å²) >= 11 is 0. The van der Waals surface area contributed by atoms with E-state index in [9.17, 15) is 14.2 Å². The smallest absolute Gasteiger partial charge is 0.332 e.